The summed E-state index contributed by atoms with van der Waals surface area (Å²) >= 11 is 0. The predicted octanol–water partition coefficient (Wildman–Crippen LogP) is -0.0310. The Morgan fingerprint density at radius 1 is 1.35 bits per heavy atom. The molecule has 10 heteroatoms. The van der Waals surface area contributed by atoms with Crippen LogP contribution in [0.25, 0.3) is 0 Å². The number of nitrogens with zero attached hydrogens (tertiary/aromatic N) is 3. The van der Waals surface area contributed by atoms with Gasteiger partial charge < -0.3 is 27.0 Å². The van der Waals surface area contributed by atoms with Gasteiger partial charge in [-0.25, -0.2) is 4.68 Å². The number of nitrogen functional groups attached to an aromatic ring is 1. The van der Waals surface area contributed by atoms with Crippen LogP contribution < -0.4 is 16.8 Å². The summed E-state index contributed by atoms with van der Waals surface area (Å²) in [7, 11) is 0. The summed E-state index contributed by atoms with van der Waals surface area (Å²) in [6, 6.07) is 6.19. The Morgan fingerprint density at radius 3 is 2.95 bits per heavy atom. The number of piperidine rings is 1. The average Bonchev–Trinajstić information content (AvgIpc) is 3.65. The molecular weight excluding hydrogens is 470 g/mol. The monoisotopic (exact) mass is 503 g/mol. The molecule has 6 aliphatic rings. The number of phenolic OH excluding ortho intramolecular Hbond substituents is 1. The summed E-state index contributed by atoms with van der Waals surface area (Å²) in [5.74, 6) is 1.27. The summed E-state index contributed by atoms with van der Waals surface area (Å²) in [6.45, 7) is 0.919. The maximum absolute atomic E-state index is 12.7. The second kappa shape index (κ2) is 6.73. The summed E-state index contributed by atoms with van der Waals surface area (Å²) in [6.07, 6.45) is 7.77. The van der Waals surface area contributed by atoms with Crippen molar-refractivity contribution < 1.29 is 15.0 Å². The van der Waals surface area contributed by atoms with E-state index in [1.54, 1.807) is 6.07 Å². The van der Waals surface area contributed by atoms with Gasteiger partial charge >= 0.3 is 0 Å². The van der Waals surface area contributed by atoms with Crippen LogP contribution in [0.3, 0.4) is 0 Å². The zero-order chi connectivity index (χ0) is 25.5. The molecule has 5 aliphatic carbocycles. The minimum absolute atomic E-state index is 0.0282. The first kappa shape index (κ1) is 22.1. The predicted molar refractivity (Wildman–Crippen MR) is 134 cm³/mol. The lowest BCUT2D eigenvalue weighted by atomic mass is 9.54. The molecule has 5 fully saturated rings. The minimum Gasteiger partial charge on any atom is -0.508 e. The number of benzene rings is 1. The number of fused-ring (bicyclic) bond motifs is 2. The van der Waals surface area contributed by atoms with Gasteiger partial charge in [-0.1, -0.05) is 6.07 Å². The third-order valence-electron chi connectivity index (χ3n) is 11.0. The molecule has 9 atom stereocenters. The first-order valence-corrected chi connectivity index (χ1v) is 13.4. The molecule has 1 aromatic carbocycles. The maximum atomic E-state index is 12.7. The van der Waals surface area contributed by atoms with Gasteiger partial charge in [0.2, 0.25) is 11.9 Å². The van der Waals surface area contributed by atoms with Crippen molar-refractivity contribution in [2.24, 2.45) is 28.7 Å². The molecule has 2 spiro atoms. The highest BCUT2D eigenvalue weighted by atomic mass is 16.3. The van der Waals surface area contributed by atoms with Crippen molar-refractivity contribution in [1.29, 1.82) is 5.41 Å². The lowest BCUT2D eigenvalue weighted by molar-refractivity contribution is -0.179. The number of carbonyl (C=O) groups excluding carboxylic acids is 1. The molecule has 1 saturated heterocycles. The van der Waals surface area contributed by atoms with Crippen molar-refractivity contribution in [2.45, 2.75) is 67.2 Å². The fraction of sp³-hybridized carbons (Fsp3) is 0.593. The van der Waals surface area contributed by atoms with Crippen LogP contribution in [0.15, 0.2) is 30.6 Å². The number of aromatic nitrogens is 2. The van der Waals surface area contributed by atoms with Gasteiger partial charge in [-0.3, -0.25) is 15.1 Å². The molecule has 37 heavy (non-hydrogen) atoms. The number of carbonyl (C=O) groups is 1. The van der Waals surface area contributed by atoms with Crippen molar-refractivity contribution >= 4 is 11.9 Å². The molecule has 1 amide bonds. The van der Waals surface area contributed by atoms with E-state index in [0.717, 1.165) is 36.9 Å². The van der Waals surface area contributed by atoms with Crippen LogP contribution in [0.1, 0.15) is 48.3 Å². The average molecular weight is 504 g/mol. The fourth-order valence-corrected chi connectivity index (χ4v) is 9.87. The number of rotatable bonds is 5. The number of likely N-dealkylation sites (tertiary alicyclic amines) is 1. The molecular formula is C27H33N7O3. The van der Waals surface area contributed by atoms with Gasteiger partial charge in [0.25, 0.3) is 0 Å². The van der Waals surface area contributed by atoms with E-state index in [1.807, 2.05) is 24.5 Å². The van der Waals surface area contributed by atoms with Gasteiger partial charge in [-0.15, -0.1) is 0 Å². The molecule has 1 aromatic heterocycles. The molecule has 8 rings (SSSR count). The Bertz CT molecular complexity index is 1380. The highest BCUT2D eigenvalue weighted by Crippen LogP contribution is 2.88. The summed E-state index contributed by atoms with van der Waals surface area (Å²) in [5.41, 5.74) is 13.4. The molecule has 194 valence electrons. The van der Waals surface area contributed by atoms with Crippen LogP contribution in [0.4, 0.5) is 0 Å². The van der Waals surface area contributed by atoms with E-state index in [9.17, 15) is 15.0 Å². The molecule has 5 unspecified atom stereocenters. The van der Waals surface area contributed by atoms with Crippen molar-refractivity contribution in [1.82, 2.24) is 20.0 Å². The van der Waals surface area contributed by atoms with E-state index < -0.39 is 11.0 Å². The SMILES string of the molecule is N=C(N)n1cc(C2CC2CN2C3C4C35Cc3ccc(O)cc3[C@]43C[C@H](NC(=O)CN)CC[C@@]3(O)[C@H]25)cn1. The smallest absolute Gasteiger partial charge is 0.233 e. The van der Waals surface area contributed by atoms with Crippen LogP contribution in [0.2, 0.25) is 0 Å². The number of amides is 1. The largest absolute Gasteiger partial charge is 0.508 e. The van der Waals surface area contributed by atoms with E-state index in [2.05, 4.69) is 15.3 Å². The van der Waals surface area contributed by atoms with E-state index in [-0.39, 0.29) is 41.7 Å². The van der Waals surface area contributed by atoms with Crippen LogP contribution in [0, 0.1) is 22.7 Å². The summed E-state index contributed by atoms with van der Waals surface area (Å²) in [5, 5.41) is 38.0. The van der Waals surface area contributed by atoms with Gasteiger partial charge in [0.1, 0.15) is 5.75 Å². The van der Waals surface area contributed by atoms with E-state index >= 15 is 0 Å². The third kappa shape index (κ3) is 2.45. The molecule has 1 aliphatic heterocycles. The maximum Gasteiger partial charge on any atom is 0.233 e. The lowest BCUT2D eigenvalue weighted by Gasteiger charge is -2.61. The second-order valence-electron chi connectivity index (χ2n) is 12.5. The van der Waals surface area contributed by atoms with Crippen molar-refractivity contribution in [3.05, 3.63) is 47.3 Å². The van der Waals surface area contributed by atoms with Gasteiger partial charge in [0, 0.05) is 41.7 Å². The molecule has 2 aromatic rings. The van der Waals surface area contributed by atoms with Crippen LogP contribution >= 0.6 is 0 Å². The Labute approximate surface area is 214 Å². The van der Waals surface area contributed by atoms with Crippen LogP contribution in [-0.2, 0) is 16.6 Å². The Morgan fingerprint density at radius 2 is 2.19 bits per heavy atom. The highest BCUT2D eigenvalue weighted by molar-refractivity contribution is 5.78. The van der Waals surface area contributed by atoms with E-state index in [1.165, 1.54) is 10.2 Å². The van der Waals surface area contributed by atoms with E-state index in [0.29, 0.717) is 36.6 Å². The van der Waals surface area contributed by atoms with Gasteiger partial charge in [-0.2, -0.15) is 5.10 Å². The molecule has 10 nitrogen and oxygen atoms in total. The highest BCUT2D eigenvalue weighted by Gasteiger charge is 2.97. The first-order valence-electron chi connectivity index (χ1n) is 13.4. The molecule has 8 N–H and O–H groups in total. The number of aromatic hydroxyl groups is 1. The van der Waals surface area contributed by atoms with Crippen molar-refractivity contribution in [2.75, 3.05) is 13.1 Å². The van der Waals surface area contributed by atoms with Gasteiger partial charge in [0.15, 0.2) is 0 Å². The summed E-state index contributed by atoms with van der Waals surface area (Å²) in [4.78, 5) is 14.8. The Kier molecular flexibility index (Phi) is 4.01. The minimum atomic E-state index is -0.890. The normalized spacial score (nSPS) is 43.7. The zero-order valence-corrected chi connectivity index (χ0v) is 20.6. The lowest BCUT2D eigenvalue weighted by Crippen LogP contribution is -2.74. The molecule has 2 heterocycles. The number of aliphatic hydroxyl groups is 1. The number of nitrogens with two attached hydrogens (primary N) is 2. The van der Waals surface area contributed by atoms with E-state index in [4.69, 9.17) is 16.9 Å². The van der Waals surface area contributed by atoms with Crippen LogP contribution in [0.5, 0.6) is 5.75 Å². The zero-order valence-electron chi connectivity index (χ0n) is 20.6. The first-order chi connectivity index (χ1) is 17.7. The van der Waals surface area contributed by atoms with Crippen molar-refractivity contribution in [3.63, 3.8) is 0 Å². The van der Waals surface area contributed by atoms with Crippen molar-refractivity contribution in [3.8, 4) is 5.75 Å². The van der Waals surface area contributed by atoms with Gasteiger partial charge in [-0.05, 0) is 78.7 Å². The quantitative estimate of drug-likeness (QED) is 0.246. The number of hydrogen-bond donors (Lipinski definition) is 6. The number of phenols is 1. The Hall–Kier alpha value is -2.95. The summed E-state index contributed by atoms with van der Waals surface area (Å²) < 4.78 is 1.41. The standard InChI is InChI=1S/C27H33N7O3/c28-9-20(36)32-16-3-4-27(37)23-25-7-13-1-2-17(35)6-19(13)26(27,8-16)21(25)22(25)33(23)11-14-5-18(14)15-10-31-34(12-15)24(29)30/h1-2,6,10,12,14,16,18,21-23,35,37H,3-5,7-9,11,28H2,(H3,29,30)(H,32,36)/t14?,16-,18?,21?,22?,23-,25?,26-,27-/m1/s1. The number of hydrogen-bond acceptors (Lipinski definition) is 7. The second-order valence-corrected chi connectivity index (χ2v) is 12.5. The number of nitrogens with one attached hydrogen (secondary N) is 2. The molecule has 0 radical (unpaired) electrons. The Balaban J connectivity index is 1.11. The van der Waals surface area contributed by atoms with Crippen LogP contribution in [-0.4, -0.2) is 73.6 Å². The fourth-order valence-electron chi connectivity index (χ4n) is 9.87. The molecule has 2 bridgehead atoms. The molecule has 4 saturated carbocycles. The third-order valence-corrected chi connectivity index (χ3v) is 11.0. The van der Waals surface area contributed by atoms with Gasteiger partial charge in [0.05, 0.1) is 18.3 Å². The topological polar surface area (TPSA) is 167 Å².